The Kier molecular flexibility index (Phi) is 10.6. The molecule has 0 heterocycles. The summed E-state index contributed by atoms with van der Waals surface area (Å²) in [5.41, 5.74) is 11.3. The van der Waals surface area contributed by atoms with Crippen molar-refractivity contribution in [3.8, 4) is 11.1 Å². The first-order valence-electron chi connectivity index (χ1n) is 14.1. The number of halogens is 2. The number of rotatable bonds is 5. The van der Waals surface area contributed by atoms with Crippen LogP contribution < -0.4 is 28.1 Å². The molecule has 0 atom stereocenters. The summed E-state index contributed by atoms with van der Waals surface area (Å²) in [4.78, 5) is 0. The Hall–Kier alpha value is -0.747. The second-order valence-electron chi connectivity index (χ2n) is 13.8. The van der Waals surface area contributed by atoms with Gasteiger partial charge in [0.25, 0.3) is 0 Å². The van der Waals surface area contributed by atoms with Crippen LogP contribution in [0, 0.1) is 5.41 Å². The first-order chi connectivity index (χ1) is 16.7. The maximum Gasteiger partial charge on any atom is -1.00 e. The molecule has 0 bridgehead atoms. The summed E-state index contributed by atoms with van der Waals surface area (Å²) in [5.74, 6) is 0. The van der Waals surface area contributed by atoms with E-state index in [0.29, 0.717) is 5.41 Å². The van der Waals surface area contributed by atoms with Crippen molar-refractivity contribution in [2.45, 2.75) is 113 Å². The molecule has 0 nitrogen and oxygen atoms in total. The van der Waals surface area contributed by atoms with Gasteiger partial charge in [-0.3, -0.25) is 0 Å². The molecule has 0 spiro atoms. The summed E-state index contributed by atoms with van der Waals surface area (Å²) in [6, 6.07) is 12.5. The van der Waals surface area contributed by atoms with Gasteiger partial charge in [-0.2, -0.15) is 0 Å². The molecule has 0 aromatic heterocycles. The Morgan fingerprint density at radius 2 is 1.37 bits per heavy atom. The molecule has 2 aliphatic rings. The van der Waals surface area contributed by atoms with E-state index in [-0.39, 0.29) is 35.6 Å². The Morgan fingerprint density at radius 1 is 0.789 bits per heavy atom. The van der Waals surface area contributed by atoms with Gasteiger partial charge >= 0.3 is 231 Å². The topological polar surface area (TPSA) is 0 Å². The van der Waals surface area contributed by atoms with Gasteiger partial charge in [0.05, 0.1) is 0 Å². The summed E-state index contributed by atoms with van der Waals surface area (Å²) in [5, 5.41) is 0. The normalized spacial score (nSPS) is 14.4. The molecule has 0 saturated carbocycles. The molecule has 2 aliphatic carbocycles. The van der Waals surface area contributed by atoms with E-state index in [1.165, 1.54) is 47.1 Å². The first-order valence-corrected chi connectivity index (χ1v) is 17.8. The molecule has 0 N–H and O–H groups in total. The van der Waals surface area contributed by atoms with Crippen LogP contribution in [-0.4, -0.2) is 3.21 Å². The zero-order chi connectivity index (χ0) is 26.6. The van der Waals surface area contributed by atoms with Crippen LogP contribution in [-0.2, 0) is 38.5 Å². The maximum atomic E-state index is 2.66. The van der Waals surface area contributed by atoms with Crippen molar-refractivity contribution in [1.82, 2.24) is 0 Å². The molecule has 0 radical (unpaired) electrons. The molecule has 0 saturated heterocycles. The van der Waals surface area contributed by atoms with Crippen molar-refractivity contribution in [3.05, 3.63) is 73.6 Å². The second kappa shape index (κ2) is 12.0. The molecular weight excluding hydrogens is 583 g/mol. The fraction of sp³-hybridized carbons (Fsp3) is 0.514. The molecule has 0 amide bonds. The Balaban J connectivity index is 0.00000253. The molecule has 2 aromatic rings. The predicted octanol–water partition coefficient (Wildman–Crippen LogP) is 3.36. The third-order valence-corrected chi connectivity index (χ3v) is 16.3. The van der Waals surface area contributed by atoms with E-state index < -0.39 is 21.3 Å². The Bertz CT molecular complexity index is 1280. The van der Waals surface area contributed by atoms with Crippen molar-refractivity contribution < 1.29 is 46.1 Å². The van der Waals surface area contributed by atoms with Crippen LogP contribution in [0.5, 0.6) is 0 Å². The van der Waals surface area contributed by atoms with Gasteiger partial charge in [-0.1, -0.05) is 0 Å². The van der Waals surface area contributed by atoms with E-state index in [9.17, 15) is 0 Å². The van der Waals surface area contributed by atoms with Crippen molar-refractivity contribution in [1.29, 1.82) is 0 Å². The number of benzene rings is 2. The van der Waals surface area contributed by atoms with Crippen molar-refractivity contribution in [2.24, 2.45) is 5.41 Å². The van der Waals surface area contributed by atoms with Gasteiger partial charge in [0, 0.05) is 0 Å². The minimum absolute atomic E-state index is 0. The molecule has 3 heteroatoms. The fourth-order valence-electron chi connectivity index (χ4n) is 5.94. The molecule has 206 valence electrons. The summed E-state index contributed by atoms with van der Waals surface area (Å²) >= 11 is -2.21. The minimum Gasteiger partial charge on any atom is -1.00 e. The number of fused-ring (bicyclic) bond motifs is 3. The summed E-state index contributed by atoms with van der Waals surface area (Å²) in [7, 11) is 0. The zero-order valence-electron chi connectivity index (χ0n) is 25.6. The zero-order valence-corrected chi connectivity index (χ0v) is 29.6. The van der Waals surface area contributed by atoms with Crippen molar-refractivity contribution in [3.63, 3.8) is 0 Å². The fourth-order valence-corrected chi connectivity index (χ4v) is 13.2. The van der Waals surface area contributed by atoms with Crippen LogP contribution in [0.3, 0.4) is 0 Å². The quantitative estimate of drug-likeness (QED) is 0.406. The van der Waals surface area contributed by atoms with Gasteiger partial charge in [-0.05, 0) is 0 Å². The van der Waals surface area contributed by atoms with E-state index in [1.807, 2.05) is 0 Å². The first kappa shape index (κ1) is 33.5. The van der Waals surface area contributed by atoms with Crippen molar-refractivity contribution >= 4 is 6.48 Å². The number of hydrogen-bond acceptors (Lipinski definition) is 0. The van der Waals surface area contributed by atoms with E-state index >= 15 is 0 Å². The molecule has 0 fully saturated rings. The van der Waals surface area contributed by atoms with Gasteiger partial charge in [0.1, 0.15) is 0 Å². The summed E-state index contributed by atoms with van der Waals surface area (Å²) in [6.07, 6.45) is 9.93. The average molecular weight is 631 g/mol. The predicted molar refractivity (Wildman–Crippen MR) is 158 cm³/mol. The van der Waals surface area contributed by atoms with Crippen LogP contribution in [0.4, 0.5) is 0 Å². The van der Waals surface area contributed by atoms with Crippen LogP contribution in [0.15, 0.2) is 51.3 Å². The van der Waals surface area contributed by atoms with Gasteiger partial charge in [-0.15, -0.1) is 0 Å². The van der Waals surface area contributed by atoms with E-state index in [4.69, 9.17) is 0 Å². The van der Waals surface area contributed by atoms with Crippen LogP contribution in [0.2, 0.25) is 0 Å². The number of hydrogen-bond donors (Lipinski definition) is 0. The standard InChI is InChI=1S/C21H25.C11H17.C3H6.2ClH.Zr/c1-20(2,3)16-9-7-14-11-15-8-10-17(21(4,5)6)13-19(15)18(14)12-16;1-4-11(3,5-2)10-8-6-7-9-10;1-3-2;;;/h7,9-10,12-13H,11H2,1-6H3;8-9H,4-6H2,1-3H3;1-2H3;2*1H;/q;;;;;+2/p-2. The molecule has 0 aliphatic heterocycles. The van der Waals surface area contributed by atoms with E-state index in [2.05, 4.69) is 119 Å². The van der Waals surface area contributed by atoms with Gasteiger partial charge in [-0.25, -0.2) is 0 Å². The molecular formula is C35H48Cl2Zr. The van der Waals surface area contributed by atoms with E-state index in [0.717, 1.165) is 6.42 Å². The summed E-state index contributed by atoms with van der Waals surface area (Å²) < 4.78 is 5.22. The average Bonchev–Trinajstić information content (AvgIpc) is 3.42. The third-order valence-electron chi connectivity index (χ3n) is 8.97. The van der Waals surface area contributed by atoms with Crippen molar-refractivity contribution in [2.75, 3.05) is 0 Å². The smallest absolute Gasteiger partial charge is 1.00 e. The van der Waals surface area contributed by atoms with E-state index in [1.54, 1.807) is 20.9 Å². The maximum absolute atomic E-state index is 2.66. The van der Waals surface area contributed by atoms with Crippen LogP contribution in [0.1, 0.15) is 118 Å². The molecule has 4 rings (SSSR count). The SMILES string of the molecule is CCC(C)(CC)C1=CC[C]([Zr+2](=[C](C)C)[c]2cc(C(C)(C)C)cc3c2Cc2ccc(C(C)(C)C)cc2-3)=C1.[Cl-].[Cl-]. The van der Waals surface area contributed by atoms with Gasteiger partial charge < -0.3 is 24.8 Å². The summed E-state index contributed by atoms with van der Waals surface area (Å²) in [6.45, 7) is 26.2. The Labute approximate surface area is 253 Å². The molecule has 0 unspecified atom stereocenters. The third kappa shape index (κ3) is 6.26. The van der Waals surface area contributed by atoms with Gasteiger partial charge in [0.2, 0.25) is 0 Å². The molecule has 2 aromatic carbocycles. The monoisotopic (exact) mass is 628 g/mol. The minimum atomic E-state index is -2.21. The van der Waals surface area contributed by atoms with Crippen LogP contribution >= 0.6 is 0 Å². The second-order valence-corrected chi connectivity index (χ2v) is 21.0. The Morgan fingerprint density at radius 3 is 1.89 bits per heavy atom. The molecule has 38 heavy (non-hydrogen) atoms. The largest absolute Gasteiger partial charge is 1.00 e. The number of allylic oxidation sites excluding steroid dienone is 4. The van der Waals surface area contributed by atoms with Gasteiger partial charge in [0.15, 0.2) is 0 Å². The van der Waals surface area contributed by atoms with Crippen LogP contribution in [0.25, 0.3) is 11.1 Å².